The maximum atomic E-state index is 13.7. The lowest BCUT2D eigenvalue weighted by Crippen LogP contribution is -2.23. The van der Waals surface area contributed by atoms with Crippen molar-refractivity contribution in [3.8, 4) is 0 Å². The summed E-state index contributed by atoms with van der Waals surface area (Å²) < 4.78 is 77.1. The average Bonchev–Trinajstić information content (AvgIpc) is 2.90. The fourth-order valence-corrected chi connectivity index (χ4v) is 3.64. The summed E-state index contributed by atoms with van der Waals surface area (Å²) in [5, 5.41) is 1.54. The Labute approximate surface area is 122 Å². The van der Waals surface area contributed by atoms with E-state index in [0.29, 0.717) is 6.07 Å². The molecular weight excluding hydrogens is 330 g/mol. The Morgan fingerprint density at radius 3 is 2.43 bits per heavy atom. The Balaban J connectivity index is 2.22. The molecule has 1 aromatic carbocycles. The molecule has 0 aliphatic carbocycles. The zero-order chi connectivity index (χ0) is 15.7. The van der Waals surface area contributed by atoms with Crippen molar-refractivity contribution >= 4 is 21.4 Å². The van der Waals surface area contributed by atoms with Gasteiger partial charge in [-0.05, 0) is 17.5 Å². The second-order valence-corrected chi connectivity index (χ2v) is 6.97. The van der Waals surface area contributed by atoms with Crippen LogP contribution in [0.5, 0.6) is 0 Å². The number of halogens is 4. The van der Waals surface area contributed by atoms with E-state index in [0.717, 1.165) is 23.5 Å². The third kappa shape index (κ3) is 3.60. The van der Waals surface area contributed by atoms with Crippen LogP contribution in [0.15, 0.2) is 39.9 Å². The molecule has 0 saturated carbocycles. The number of nitrogens with one attached hydrogen (secondary N) is 1. The molecule has 1 N–H and O–H groups in total. The van der Waals surface area contributed by atoms with Crippen LogP contribution >= 0.6 is 11.3 Å². The molecule has 1 aromatic heterocycles. The third-order valence-electron chi connectivity index (χ3n) is 2.60. The van der Waals surface area contributed by atoms with Gasteiger partial charge in [0.1, 0.15) is 10.0 Å². The molecule has 9 heteroatoms. The average molecular weight is 339 g/mol. The summed E-state index contributed by atoms with van der Waals surface area (Å²) in [6.45, 7) is -0.560. The molecule has 1 heterocycles. The van der Waals surface area contributed by atoms with E-state index >= 15 is 0 Å². The molecule has 0 saturated heterocycles. The second kappa shape index (κ2) is 5.74. The molecule has 0 aliphatic rings. The van der Waals surface area contributed by atoms with E-state index in [4.69, 9.17) is 0 Å². The Morgan fingerprint density at radius 2 is 1.86 bits per heavy atom. The fraction of sp³-hybridized carbons (Fsp3) is 0.167. The van der Waals surface area contributed by atoms with Crippen LogP contribution in [0.3, 0.4) is 0 Å². The Bertz CT molecular complexity index is 724. The minimum Gasteiger partial charge on any atom is -0.206 e. The Hall–Kier alpha value is -1.45. The van der Waals surface area contributed by atoms with Crippen LogP contribution in [0.4, 0.5) is 17.6 Å². The topological polar surface area (TPSA) is 46.2 Å². The van der Waals surface area contributed by atoms with Crippen molar-refractivity contribution in [3.05, 3.63) is 52.7 Å². The molecular formula is C12H9F4NO2S2. The normalized spacial score (nSPS) is 12.6. The maximum absolute atomic E-state index is 13.7. The van der Waals surface area contributed by atoms with E-state index < -0.39 is 34.1 Å². The van der Waals surface area contributed by atoms with Gasteiger partial charge < -0.3 is 0 Å². The molecule has 0 radical (unpaired) electrons. The number of rotatable bonds is 4. The standard InChI is InChI=1S/C12H9F4NO2S2/c13-11-8(3-1-4-9(11)12(14,15)16)7-17-21(18,19)10-5-2-6-20-10/h1-6,17H,7H2. The molecule has 0 aliphatic heterocycles. The summed E-state index contributed by atoms with van der Waals surface area (Å²) in [5.41, 5.74) is -1.79. The lowest BCUT2D eigenvalue weighted by Gasteiger charge is -2.11. The van der Waals surface area contributed by atoms with Gasteiger partial charge in [-0.2, -0.15) is 13.2 Å². The molecule has 0 bridgehead atoms. The number of hydrogen-bond donors (Lipinski definition) is 1. The predicted molar refractivity (Wildman–Crippen MR) is 69.7 cm³/mol. The van der Waals surface area contributed by atoms with Gasteiger partial charge in [-0.15, -0.1) is 11.3 Å². The molecule has 2 rings (SSSR count). The summed E-state index contributed by atoms with van der Waals surface area (Å²) in [4.78, 5) is 0. The van der Waals surface area contributed by atoms with Gasteiger partial charge >= 0.3 is 6.18 Å². The number of thiophene rings is 1. The molecule has 21 heavy (non-hydrogen) atoms. The number of sulfonamides is 1. The van der Waals surface area contributed by atoms with Gasteiger partial charge in [-0.1, -0.05) is 18.2 Å². The SMILES string of the molecule is O=S(=O)(NCc1cccc(C(F)(F)F)c1F)c1cccs1. The van der Waals surface area contributed by atoms with E-state index in [9.17, 15) is 26.0 Å². The first-order chi connectivity index (χ1) is 9.72. The zero-order valence-corrected chi connectivity index (χ0v) is 11.9. The Kier molecular flexibility index (Phi) is 4.35. The van der Waals surface area contributed by atoms with Crippen LogP contribution in [0.1, 0.15) is 11.1 Å². The van der Waals surface area contributed by atoms with Gasteiger partial charge in [0.25, 0.3) is 0 Å². The van der Waals surface area contributed by atoms with E-state index in [1.54, 1.807) is 5.38 Å². The van der Waals surface area contributed by atoms with Crippen molar-refractivity contribution in [1.29, 1.82) is 0 Å². The molecule has 0 amide bonds. The van der Waals surface area contributed by atoms with Crippen molar-refractivity contribution in [2.45, 2.75) is 16.9 Å². The van der Waals surface area contributed by atoms with Gasteiger partial charge in [0.15, 0.2) is 0 Å². The molecule has 2 aromatic rings. The van der Waals surface area contributed by atoms with E-state index in [2.05, 4.69) is 4.72 Å². The molecule has 0 unspecified atom stereocenters. The molecule has 0 fully saturated rings. The van der Waals surface area contributed by atoms with Crippen LogP contribution in [0, 0.1) is 5.82 Å². The van der Waals surface area contributed by atoms with E-state index in [-0.39, 0.29) is 9.77 Å². The van der Waals surface area contributed by atoms with Gasteiger partial charge in [-0.25, -0.2) is 17.5 Å². The highest BCUT2D eigenvalue weighted by atomic mass is 32.2. The minimum atomic E-state index is -4.83. The third-order valence-corrected chi connectivity index (χ3v) is 5.40. The predicted octanol–water partition coefficient (Wildman–Crippen LogP) is 3.38. The van der Waals surface area contributed by atoms with Crippen molar-refractivity contribution in [1.82, 2.24) is 4.72 Å². The smallest absolute Gasteiger partial charge is 0.206 e. The first kappa shape index (κ1) is 15.9. The first-order valence-electron chi connectivity index (χ1n) is 5.59. The summed E-state index contributed by atoms with van der Waals surface area (Å²) in [5.74, 6) is -1.47. The lowest BCUT2D eigenvalue weighted by molar-refractivity contribution is -0.140. The Morgan fingerprint density at radius 1 is 1.14 bits per heavy atom. The van der Waals surface area contributed by atoms with Crippen LogP contribution in [-0.2, 0) is 22.7 Å². The van der Waals surface area contributed by atoms with Gasteiger partial charge in [0, 0.05) is 12.1 Å². The second-order valence-electron chi connectivity index (χ2n) is 4.03. The number of benzene rings is 1. The van der Waals surface area contributed by atoms with Gasteiger partial charge in [0.2, 0.25) is 10.0 Å². The quantitative estimate of drug-likeness (QED) is 0.868. The van der Waals surface area contributed by atoms with Crippen molar-refractivity contribution < 1.29 is 26.0 Å². The van der Waals surface area contributed by atoms with E-state index in [1.807, 2.05) is 0 Å². The van der Waals surface area contributed by atoms with Crippen molar-refractivity contribution in [3.63, 3.8) is 0 Å². The molecule has 114 valence electrons. The zero-order valence-electron chi connectivity index (χ0n) is 10.3. The fourth-order valence-electron chi connectivity index (χ4n) is 1.60. The molecule has 0 atom stereocenters. The van der Waals surface area contributed by atoms with Crippen LogP contribution in [0.2, 0.25) is 0 Å². The van der Waals surface area contributed by atoms with Crippen molar-refractivity contribution in [2.75, 3.05) is 0 Å². The summed E-state index contributed by atoms with van der Waals surface area (Å²) in [6.07, 6.45) is -4.83. The molecule has 3 nitrogen and oxygen atoms in total. The van der Waals surface area contributed by atoms with E-state index in [1.165, 1.54) is 12.1 Å². The highest BCUT2D eigenvalue weighted by Gasteiger charge is 2.34. The van der Waals surface area contributed by atoms with Gasteiger partial charge in [-0.3, -0.25) is 0 Å². The number of alkyl halides is 3. The largest absolute Gasteiger partial charge is 0.419 e. The maximum Gasteiger partial charge on any atom is 0.419 e. The van der Waals surface area contributed by atoms with Crippen LogP contribution in [-0.4, -0.2) is 8.42 Å². The molecule has 0 spiro atoms. The highest BCUT2D eigenvalue weighted by Crippen LogP contribution is 2.32. The summed E-state index contributed by atoms with van der Waals surface area (Å²) in [7, 11) is -3.86. The highest BCUT2D eigenvalue weighted by molar-refractivity contribution is 7.91. The number of hydrogen-bond acceptors (Lipinski definition) is 3. The lowest BCUT2D eigenvalue weighted by atomic mass is 10.1. The minimum absolute atomic E-state index is 0.00915. The summed E-state index contributed by atoms with van der Waals surface area (Å²) in [6, 6.07) is 5.59. The first-order valence-corrected chi connectivity index (χ1v) is 7.96. The van der Waals surface area contributed by atoms with Gasteiger partial charge in [0.05, 0.1) is 5.56 Å². The van der Waals surface area contributed by atoms with Crippen LogP contribution < -0.4 is 4.72 Å². The van der Waals surface area contributed by atoms with Crippen LogP contribution in [0.25, 0.3) is 0 Å². The monoisotopic (exact) mass is 339 g/mol. The van der Waals surface area contributed by atoms with Crippen molar-refractivity contribution in [2.24, 2.45) is 0 Å². The summed E-state index contributed by atoms with van der Waals surface area (Å²) >= 11 is 0.952.